The van der Waals surface area contributed by atoms with Crippen LogP contribution in [0.4, 0.5) is 5.69 Å². The molecule has 160 valence electrons. The number of carbonyl (C=O) groups excluding carboxylic acids is 1. The Morgan fingerprint density at radius 3 is 2.68 bits per heavy atom. The maximum absolute atomic E-state index is 12.6. The van der Waals surface area contributed by atoms with E-state index in [1.807, 2.05) is 48.5 Å². The Bertz CT molecular complexity index is 1080. The molecule has 1 heterocycles. The van der Waals surface area contributed by atoms with Crippen molar-refractivity contribution in [3.63, 3.8) is 0 Å². The molecule has 0 aliphatic carbocycles. The molecule has 1 amide bonds. The van der Waals surface area contributed by atoms with E-state index < -0.39 is 0 Å². The number of nitrogens with two attached hydrogens (primary N) is 1. The molecule has 7 nitrogen and oxygen atoms in total. The molecule has 0 saturated carbocycles. The number of carbonyl (C=O) groups is 1. The van der Waals surface area contributed by atoms with Crippen LogP contribution in [-0.4, -0.2) is 33.0 Å². The molecule has 3 N–H and O–H groups in total. The van der Waals surface area contributed by atoms with Crippen molar-refractivity contribution in [2.24, 2.45) is 5.73 Å². The van der Waals surface area contributed by atoms with Gasteiger partial charge in [-0.05, 0) is 53.1 Å². The Hall–Kier alpha value is -3.71. The number of fused-ring (bicyclic) bond motifs is 1. The summed E-state index contributed by atoms with van der Waals surface area (Å²) in [5.41, 5.74) is 8.97. The van der Waals surface area contributed by atoms with Crippen LogP contribution in [0.3, 0.4) is 0 Å². The van der Waals surface area contributed by atoms with Gasteiger partial charge in [0, 0.05) is 12.2 Å². The van der Waals surface area contributed by atoms with Crippen molar-refractivity contribution < 1.29 is 23.7 Å². The highest BCUT2D eigenvalue weighted by Crippen LogP contribution is 2.36. The molecular weight excluding hydrogens is 396 g/mol. The van der Waals surface area contributed by atoms with E-state index in [4.69, 9.17) is 24.7 Å². The number of nitrogens with one attached hydrogen (secondary N) is 1. The second-order valence-electron chi connectivity index (χ2n) is 7.00. The Morgan fingerprint density at radius 2 is 1.84 bits per heavy atom. The number of anilines is 1. The van der Waals surface area contributed by atoms with Crippen LogP contribution in [-0.2, 0) is 11.2 Å². The lowest BCUT2D eigenvalue weighted by molar-refractivity contribution is -0.115. The van der Waals surface area contributed by atoms with Gasteiger partial charge in [-0.25, -0.2) is 0 Å². The molecule has 3 aromatic rings. The smallest absolute Gasteiger partial charge is 0.231 e. The summed E-state index contributed by atoms with van der Waals surface area (Å²) < 4.78 is 21.7. The fourth-order valence-electron chi connectivity index (χ4n) is 3.35. The summed E-state index contributed by atoms with van der Waals surface area (Å²) in [6.45, 7) is 1.05. The molecule has 0 radical (unpaired) electrons. The third kappa shape index (κ3) is 4.90. The molecule has 0 atom stereocenters. The van der Waals surface area contributed by atoms with Crippen molar-refractivity contribution in [1.82, 2.24) is 0 Å². The molecule has 1 aliphatic rings. The van der Waals surface area contributed by atoms with E-state index >= 15 is 0 Å². The third-order valence-electron chi connectivity index (χ3n) is 4.82. The minimum atomic E-state index is -0.125. The van der Waals surface area contributed by atoms with Crippen LogP contribution in [0.5, 0.6) is 23.0 Å². The van der Waals surface area contributed by atoms with E-state index in [0.717, 1.165) is 33.9 Å². The van der Waals surface area contributed by atoms with Crippen molar-refractivity contribution in [2.45, 2.75) is 6.42 Å². The SMILES string of the molecule is COc1cc(CC(=O)Nc2cccc(-c3ccc4c(c3)OCO4)c2)ccc1OCCN. The van der Waals surface area contributed by atoms with Gasteiger partial charge in [0.15, 0.2) is 23.0 Å². The summed E-state index contributed by atoms with van der Waals surface area (Å²) in [6.07, 6.45) is 0.210. The maximum Gasteiger partial charge on any atom is 0.231 e. The highest BCUT2D eigenvalue weighted by Gasteiger charge is 2.14. The molecule has 4 rings (SSSR count). The highest BCUT2D eigenvalue weighted by molar-refractivity contribution is 5.93. The van der Waals surface area contributed by atoms with E-state index in [1.165, 1.54) is 0 Å². The van der Waals surface area contributed by atoms with Gasteiger partial charge < -0.3 is 30.0 Å². The molecule has 1 aliphatic heterocycles. The van der Waals surface area contributed by atoms with Crippen LogP contribution in [0.1, 0.15) is 5.56 Å². The number of hydrogen-bond acceptors (Lipinski definition) is 6. The average molecular weight is 420 g/mol. The fraction of sp³-hybridized carbons (Fsp3) is 0.208. The monoisotopic (exact) mass is 420 g/mol. The lowest BCUT2D eigenvalue weighted by atomic mass is 10.0. The zero-order chi connectivity index (χ0) is 21.6. The number of amides is 1. The van der Waals surface area contributed by atoms with E-state index in [0.29, 0.717) is 24.7 Å². The first-order chi connectivity index (χ1) is 15.2. The molecule has 0 fully saturated rings. The van der Waals surface area contributed by atoms with Gasteiger partial charge in [0.25, 0.3) is 0 Å². The highest BCUT2D eigenvalue weighted by atomic mass is 16.7. The van der Waals surface area contributed by atoms with Crippen molar-refractivity contribution in [1.29, 1.82) is 0 Å². The molecule has 3 aromatic carbocycles. The number of rotatable bonds is 8. The molecule has 7 heteroatoms. The first kappa shape index (κ1) is 20.6. The van der Waals surface area contributed by atoms with E-state index in [-0.39, 0.29) is 19.1 Å². The predicted molar refractivity (Wildman–Crippen MR) is 118 cm³/mol. The lowest BCUT2D eigenvalue weighted by Gasteiger charge is -2.12. The van der Waals surface area contributed by atoms with E-state index in [1.54, 1.807) is 19.2 Å². The van der Waals surface area contributed by atoms with Gasteiger partial charge in [-0.3, -0.25) is 4.79 Å². The van der Waals surface area contributed by atoms with Crippen LogP contribution >= 0.6 is 0 Å². The summed E-state index contributed by atoms with van der Waals surface area (Å²) in [7, 11) is 1.57. The van der Waals surface area contributed by atoms with Gasteiger partial charge in [-0.1, -0.05) is 24.3 Å². The van der Waals surface area contributed by atoms with E-state index in [9.17, 15) is 4.79 Å². The van der Waals surface area contributed by atoms with Crippen LogP contribution in [0.2, 0.25) is 0 Å². The molecular formula is C24H24N2O5. The fourth-order valence-corrected chi connectivity index (χ4v) is 3.35. The molecule has 0 aromatic heterocycles. The van der Waals surface area contributed by atoms with Gasteiger partial charge in [0.1, 0.15) is 6.61 Å². The van der Waals surface area contributed by atoms with Gasteiger partial charge in [0.05, 0.1) is 13.5 Å². The zero-order valence-electron chi connectivity index (χ0n) is 17.2. The second kappa shape index (κ2) is 9.40. The minimum absolute atomic E-state index is 0.125. The summed E-state index contributed by atoms with van der Waals surface area (Å²) in [5.74, 6) is 2.51. The largest absolute Gasteiger partial charge is 0.493 e. The summed E-state index contributed by atoms with van der Waals surface area (Å²) in [5, 5.41) is 2.96. The topological polar surface area (TPSA) is 92.0 Å². The third-order valence-corrected chi connectivity index (χ3v) is 4.82. The van der Waals surface area contributed by atoms with Crippen LogP contribution in [0.15, 0.2) is 60.7 Å². The Balaban J connectivity index is 1.44. The Labute approximate surface area is 180 Å². The van der Waals surface area contributed by atoms with Crippen molar-refractivity contribution >= 4 is 11.6 Å². The predicted octanol–water partition coefficient (Wildman–Crippen LogP) is 3.61. The van der Waals surface area contributed by atoms with Crippen LogP contribution < -0.4 is 30.0 Å². The van der Waals surface area contributed by atoms with Gasteiger partial charge >= 0.3 is 0 Å². The maximum atomic E-state index is 12.6. The number of benzene rings is 3. The molecule has 0 bridgehead atoms. The molecule has 0 spiro atoms. The van der Waals surface area contributed by atoms with Gasteiger partial charge in [-0.15, -0.1) is 0 Å². The number of methoxy groups -OCH3 is 1. The molecule has 31 heavy (non-hydrogen) atoms. The normalized spacial score (nSPS) is 11.8. The summed E-state index contributed by atoms with van der Waals surface area (Å²) in [6, 6.07) is 18.9. The first-order valence-electron chi connectivity index (χ1n) is 9.96. The van der Waals surface area contributed by atoms with Gasteiger partial charge in [-0.2, -0.15) is 0 Å². The minimum Gasteiger partial charge on any atom is -0.493 e. The standard InChI is InChI=1S/C24H24N2O5/c1-28-22-11-16(5-7-20(22)29-10-9-25)12-24(27)26-19-4-2-3-17(13-19)18-6-8-21-23(14-18)31-15-30-21/h2-8,11,13-14H,9-10,12,15,25H2,1H3,(H,26,27). The Kier molecular flexibility index (Phi) is 6.24. The van der Waals surface area contributed by atoms with Crippen molar-refractivity contribution in [3.8, 4) is 34.1 Å². The number of ether oxygens (including phenoxy) is 4. The summed E-state index contributed by atoms with van der Waals surface area (Å²) >= 11 is 0. The van der Waals surface area contributed by atoms with Crippen molar-refractivity contribution in [3.05, 3.63) is 66.2 Å². The summed E-state index contributed by atoms with van der Waals surface area (Å²) in [4.78, 5) is 12.6. The Morgan fingerprint density at radius 1 is 1.00 bits per heavy atom. The van der Waals surface area contributed by atoms with Crippen LogP contribution in [0.25, 0.3) is 11.1 Å². The zero-order valence-corrected chi connectivity index (χ0v) is 17.2. The number of hydrogen-bond donors (Lipinski definition) is 2. The quantitative estimate of drug-likeness (QED) is 0.578. The molecule has 0 unspecified atom stereocenters. The van der Waals surface area contributed by atoms with E-state index in [2.05, 4.69) is 5.32 Å². The first-order valence-corrected chi connectivity index (χ1v) is 9.96. The average Bonchev–Trinajstić information content (AvgIpc) is 3.26. The van der Waals surface area contributed by atoms with Gasteiger partial charge in [0.2, 0.25) is 12.7 Å². The molecule has 0 saturated heterocycles. The van der Waals surface area contributed by atoms with Crippen molar-refractivity contribution in [2.75, 3.05) is 32.4 Å². The lowest BCUT2D eigenvalue weighted by Crippen LogP contribution is -2.14. The second-order valence-corrected chi connectivity index (χ2v) is 7.00. The van der Waals surface area contributed by atoms with Crippen LogP contribution in [0, 0.1) is 0 Å².